The predicted molar refractivity (Wildman–Crippen MR) is 114 cm³/mol. The predicted octanol–water partition coefficient (Wildman–Crippen LogP) is 5.94. The van der Waals surface area contributed by atoms with E-state index in [1.807, 2.05) is 38.4 Å². The normalized spacial score (nSPS) is 11.5. The van der Waals surface area contributed by atoms with E-state index >= 15 is 0 Å². The Morgan fingerprint density at radius 2 is 1.68 bits per heavy atom. The molecule has 4 nitrogen and oxygen atoms in total. The lowest BCUT2D eigenvalue weighted by molar-refractivity contribution is 0.242. The van der Waals surface area contributed by atoms with E-state index in [-0.39, 0.29) is 6.10 Å². The molecule has 5 rings (SSSR count). The Morgan fingerprint density at radius 1 is 0.893 bits per heavy atom. The van der Waals surface area contributed by atoms with Crippen molar-refractivity contribution in [3.8, 4) is 28.1 Å². The molecule has 0 fully saturated rings. The molecule has 0 aliphatic heterocycles. The molecule has 0 spiro atoms. The molecule has 0 saturated heterocycles. The third-order valence-corrected chi connectivity index (χ3v) is 4.91. The van der Waals surface area contributed by atoms with Crippen molar-refractivity contribution in [2.75, 3.05) is 0 Å². The van der Waals surface area contributed by atoms with Crippen LogP contribution >= 0.6 is 0 Å². The molecule has 5 aromatic rings. The molecule has 4 heteroatoms. The van der Waals surface area contributed by atoms with E-state index in [2.05, 4.69) is 69.1 Å². The van der Waals surface area contributed by atoms with Crippen LogP contribution in [0.1, 0.15) is 13.8 Å². The molecule has 0 amide bonds. The highest BCUT2D eigenvalue weighted by Gasteiger charge is 2.09. The fourth-order valence-electron chi connectivity index (χ4n) is 3.58. The Balaban J connectivity index is 1.56. The third-order valence-electron chi connectivity index (χ3n) is 4.91. The molecule has 0 atom stereocenters. The zero-order valence-electron chi connectivity index (χ0n) is 15.9. The number of ether oxygens (including phenoxy) is 1. The Bertz CT molecular complexity index is 1260. The molecular formula is C24H21N3O. The number of H-pyrrole nitrogens is 1. The number of imidazole rings is 1. The van der Waals surface area contributed by atoms with Crippen LogP contribution in [0.25, 0.3) is 38.9 Å². The highest BCUT2D eigenvalue weighted by molar-refractivity contribution is 5.85. The van der Waals surface area contributed by atoms with Crippen LogP contribution in [0.2, 0.25) is 0 Å². The van der Waals surface area contributed by atoms with E-state index in [0.717, 1.165) is 39.3 Å². The summed E-state index contributed by atoms with van der Waals surface area (Å²) in [6.07, 6.45) is 6.23. The minimum atomic E-state index is 0.174. The van der Waals surface area contributed by atoms with Crippen molar-refractivity contribution >= 4 is 16.6 Å². The van der Waals surface area contributed by atoms with E-state index in [1.165, 1.54) is 5.39 Å². The number of aromatic nitrogens is 3. The van der Waals surface area contributed by atoms with Gasteiger partial charge in [0.15, 0.2) is 0 Å². The van der Waals surface area contributed by atoms with Gasteiger partial charge in [-0.1, -0.05) is 18.2 Å². The molecule has 0 aliphatic carbocycles. The average molecular weight is 367 g/mol. The van der Waals surface area contributed by atoms with E-state index in [4.69, 9.17) is 4.74 Å². The zero-order chi connectivity index (χ0) is 19.1. The molecule has 3 heterocycles. The summed E-state index contributed by atoms with van der Waals surface area (Å²) in [6.45, 7) is 4.07. The lowest BCUT2D eigenvalue weighted by Gasteiger charge is -2.10. The van der Waals surface area contributed by atoms with Gasteiger partial charge in [0.05, 0.1) is 18.0 Å². The highest BCUT2D eigenvalue weighted by atomic mass is 16.5. The molecule has 3 aromatic heterocycles. The molecule has 28 heavy (non-hydrogen) atoms. The fraction of sp³-hybridized carbons (Fsp3) is 0.125. The largest absolute Gasteiger partial charge is 0.491 e. The Labute approximate surface area is 163 Å². The van der Waals surface area contributed by atoms with Gasteiger partial charge in [-0.25, -0.2) is 4.98 Å². The molecular weight excluding hydrogens is 346 g/mol. The summed E-state index contributed by atoms with van der Waals surface area (Å²) >= 11 is 0. The first kappa shape index (κ1) is 16.6. The van der Waals surface area contributed by atoms with Crippen molar-refractivity contribution in [1.29, 1.82) is 0 Å². The van der Waals surface area contributed by atoms with Crippen LogP contribution in [0, 0.1) is 0 Å². The number of hydrogen-bond donors (Lipinski definition) is 1. The minimum Gasteiger partial charge on any atom is -0.491 e. The van der Waals surface area contributed by atoms with Crippen molar-refractivity contribution in [2.45, 2.75) is 20.0 Å². The van der Waals surface area contributed by atoms with Crippen molar-refractivity contribution in [1.82, 2.24) is 14.4 Å². The summed E-state index contributed by atoms with van der Waals surface area (Å²) in [5.74, 6) is 0.892. The molecule has 0 aliphatic rings. The van der Waals surface area contributed by atoms with E-state index < -0.39 is 0 Å². The second-order valence-electron chi connectivity index (χ2n) is 7.26. The summed E-state index contributed by atoms with van der Waals surface area (Å²) in [7, 11) is 0. The summed E-state index contributed by atoms with van der Waals surface area (Å²) in [6, 6.07) is 20.9. The second kappa shape index (κ2) is 6.57. The van der Waals surface area contributed by atoms with Gasteiger partial charge in [-0.05, 0) is 67.4 Å². The summed E-state index contributed by atoms with van der Waals surface area (Å²) < 4.78 is 7.90. The minimum absolute atomic E-state index is 0.174. The zero-order valence-corrected chi connectivity index (χ0v) is 15.9. The van der Waals surface area contributed by atoms with Gasteiger partial charge in [-0.2, -0.15) is 0 Å². The van der Waals surface area contributed by atoms with Crippen LogP contribution in [0.5, 0.6) is 5.75 Å². The maximum atomic E-state index is 5.75. The maximum absolute atomic E-state index is 5.75. The van der Waals surface area contributed by atoms with Gasteiger partial charge in [-0.3, -0.25) is 4.40 Å². The van der Waals surface area contributed by atoms with Gasteiger partial charge in [0.2, 0.25) is 0 Å². The molecule has 0 bridgehead atoms. The number of pyridine rings is 1. The van der Waals surface area contributed by atoms with Crippen molar-refractivity contribution in [2.24, 2.45) is 0 Å². The van der Waals surface area contributed by atoms with E-state index in [0.29, 0.717) is 0 Å². The van der Waals surface area contributed by atoms with Crippen LogP contribution in [0.15, 0.2) is 79.3 Å². The first-order valence-electron chi connectivity index (χ1n) is 9.49. The number of nitrogens with zero attached hydrogens (tertiary/aromatic N) is 2. The van der Waals surface area contributed by atoms with Gasteiger partial charge in [-0.15, -0.1) is 0 Å². The molecule has 1 N–H and O–H groups in total. The molecule has 138 valence electrons. The average Bonchev–Trinajstić information content (AvgIpc) is 3.33. The van der Waals surface area contributed by atoms with Gasteiger partial charge >= 0.3 is 0 Å². The lowest BCUT2D eigenvalue weighted by atomic mass is 10.1. The molecule has 0 saturated carbocycles. The third kappa shape index (κ3) is 2.93. The highest BCUT2D eigenvalue weighted by Crippen LogP contribution is 2.28. The summed E-state index contributed by atoms with van der Waals surface area (Å²) in [4.78, 5) is 7.82. The number of hydrogen-bond acceptors (Lipinski definition) is 2. The fourth-order valence-corrected chi connectivity index (χ4v) is 3.58. The topological polar surface area (TPSA) is 42.3 Å². The quantitative estimate of drug-likeness (QED) is 0.427. The van der Waals surface area contributed by atoms with Gasteiger partial charge in [0.25, 0.3) is 0 Å². The van der Waals surface area contributed by atoms with Crippen molar-refractivity contribution < 1.29 is 4.74 Å². The molecule has 2 aromatic carbocycles. The Kier molecular flexibility index (Phi) is 3.90. The SMILES string of the molecule is CC(C)Oc1ccc(-c2ccc3ncc(-c4ccc5[nH]ccc5c4)n3c2)cc1. The number of fused-ring (bicyclic) bond motifs is 2. The Morgan fingerprint density at radius 3 is 2.50 bits per heavy atom. The number of aromatic amines is 1. The molecule has 0 radical (unpaired) electrons. The summed E-state index contributed by atoms with van der Waals surface area (Å²) in [5, 5.41) is 1.20. The van der Waals surface area contributed by atoms with Crippen LogP contribution in [0.4, 0.5) is 0 Å². The smallest absolute Gasteiger partial charge is 0.137 e. The standard InChI is InChI=1S/C24H21N3O/c1-16(2)28-21-7-3-17(4-8-21)20-6-10-24-26-14-23(27(24)15-20)19-5-9-22-18(13-19)11-12-25-22/h3-16,25H,1-2H3. The maximum Gasteiger partial charge on any atom is 0.137 e. The number of nitrogens with one attached hydrogen (secondary N) is 1. The first-order chi connectivity index (χ1) is 13.7. The number of rotatable bonds is 4. The van der Waals surface area contributed by atoms with Gasteiger partial charge in [0.1, 0.15) is 11.4 Å². The van der Waals surface area contributed by atoms with Crippen LogP contribution in [-0.2, 0) is 0 Å². The summed E-state index contributed by atoms with van der Waals surface area (Å²) in [5.41, 5.74) is 6.61. The molecule has 0 unspecified atom stereocenters. The van der Waals surface area contributed by atoms with Crippen molar-refractivity contribution in [3.63, 3.8) is 0 Å². The second-order valence-corrected chi connectivity index (χ2v) is 7.26. The van der Waals surface area contributed by atoms with E-state index in [1.54, 1.807) is 0 Å². The monoisotopic (exact) mass is 367 g/mol. The van der Waals surface area contributed by atoms with Gasteiger partial charge < -0.3 is 9.72 Å². The van der Waals surface area contributed by atoms with Crippen LogP contribution < -0.4 is 4.74 Å². The van der Waals surface area contributed by atoms with Gasteiger partial charge in [0, 0.05) is 28.9 Å². The number of benzene rings is 2. The Hall–Kier alpha value is -3.53. The van der Waals surface area contributed by atoms with E-state index in [9.17, 15) is 0 Å². The lowest BCUT2D eigenvalue weighted by Crippen LogP contribution is -2.05. The van der Waals surface area contributed by atoms with Crippen LogP contribution in [-0.4, -0.2) is 20.5 Å². The van der Waals surface area contributed by atoms with Crippen LogP contribution in [0.3, 0.4) is 0 Å². The van der Waals surface area contributed by atoms with Crippen molar-refractivity contribution in [3.05, 3.63) is 79.3 Å². The first-order valence-corrected chi connectivity index (χ1v) is 9.49.